The Bertz CT molecular complexity index is 868. The normalized spacial score (nSPS) is 16.1. The van der Waals surface area contributed by atoms with Gasteiger partial charge in [-0.2, -0.15) is 0 Å². The van der Waals surface area contributed by atoms with E-state index in [-0.39, 0.29) is 23.0 Å². The van der Waals surface area contributed by atoms with Crippen LogP contribution >= 0.6 is 11.8 Å². The molecule has 1 heterocycles. The van der Waals surface area contributed by atoms with Gasteiger partial charge in [0.25, 0.3) is 5.91 Å². The zero-order valence-corrected chi connectivity index (χ0v) is 16.1. The first kappa shape index (κ1) is 19.7. The Morgan fingerprint density at radius 3 is 2.36 bits per heavy atom. The number of benzene rings is 2. The van der Waals surface area contributed by atoms with Crippen LogP contribution in [0.3, 0.4) is 0 Å². The second-order valence-corrected chi connectivity index (χ2v) is 7.55. The fourth-order valence-electron chi connectivity index (χ4n) is 2.79. The highest BCUT2D eigenvalue weighted by Gasteiger charge is 2.28. The van der Waals surface area contributed by atoms with E-state index in [2.05, 4.69) is 17.2 Å². The first-order valence-electron chi connectivity index (χ1n) is 8.87. The van der Waals surface area contributed by atoms with Gasteiger partial charge in [-0.25, -0.2) is 0 Å². The average Bonchev–Trinajstić information content (AvgIpc) is 2.74. The van der Waals surface area contributed by atoms with E-state index in [4.69, 9.17) is 0 Å². The maximum Gasteiger partial charge on any atom is 0.255 e. The number of carbonyl (C=O) groups excluding carboxylic acids is 3. The average molecular weight is 395 g/mol. The standard InChI is InChI=1S/C21H21N3O3S/c1-2-19(25)24-12-13-28-18(14-24)21(27)23-17-10-8-15(9-11-17)20(26)22-16-6-4-3-5-7-16/h2-11,18H,1,12-14H2,(H,22,26)(H,23,27). The van der Waals surface area contributed by atoms with Gasteiger partial charge in [-0.05, 0) is 42.5 Å². The Morgan fingerprint density at radius 1 is 1.00 bits per heavy atom. The maximum atomic E-state index is 12.5. The van der Waals surface area contributed by atoms with Crippen molar-refractivity contribution < 1.29 is 14.4 Å². The summed E-state index contributed by atoms with van der Waals surface area (Å²) in [6.07, 6.45) is 1.27. The van der Waals surface area contributed by atoms with Crippen molar-refractivity contribution in [2.75, 3.05) is 29.5 Å². The third-order valence-electron chi connectivity index (χ3n) is 4.29. The van der Waals surface area contributed by atoms with E-state index in [1.54, 1.807) is 29.2 Å². The SMILES string of the molecule is C=CC(=O)N1CCSC(C(=O)Nc2ccc(C(=O)Nc3ccccc3)cc2)C1. The summed E-state index contributed by atoms with van der Waals surface area (Å²) in [6.45, 7) is 4.47. The molecule has 7 heteroatoms. The fourth-order valence-corrected chi connectivity index (χ4v) is 3.90. The van der Waals surface area contributed by atoms with Crippen LogP contribution < -0.4 is 10.6 Å². The molecule has 0 bridgehead atoms. The lowest BCUT2D eigenvalue weighted by molar-refractivity contribution is -0.126. The first-order chi connectivity index (χ1) is 13.6. The molecule has 6 nitrogen and oxygen atoms in total. The fraction of sp³-hybridized carbons (Fsp3) is 0.190. The quantitative estimate of drug-likeness (QED) is 0.763. The van der Waals surface area contributed by atoms with Gasteiger partial charge in [-0.1, -0.05) is 24.8 Å². The number of anilines is 2. The summed E-state index contributed by atoms with van der Waals surface area (Å²) in [5.74, 6) is 0.168. The Morgan fingerprint density at radius 2 is 1.68 bits per heavy atom. The van der Waals surface area contributed by atoms with Crippen LogP contribution in [0, 0.1) is 0 Å². The van der Waals surface area contributed by atoms with Gasteiger partial charge in [-0.3, -0.25) is 14.4 Å². The molecule has 0 saturated carbocycles. The van der Waals surface area contributed by atoms with Crippen molar-refractivity contribution in [2.45, 2.75) is 5.25 Å². The third kappa shape index (κ3) is 5.01. The molecule has 3 rings (SSSR count). The number of nitrogens with zero attached hydrogens (tertiary/aromatic N) is 1. The monoisotopic (exact) mass is 395 g/mol. The number of rotatable bonds is 5. The summed E-state index contributed by atoms with van der Waals surface area (Å²) >= 11 is 1.53. The van der Waals surface area contributed by atoms with Gasteiger partial charge in [-0.15, -0.1) is 11.8 Å². The van der Waals surface area contributed by atoms with Crippen LogP contribution in [-0.2, 0) is 9.59 Å². The number of hydrogen-bond acceptors (Lipinski definition) is 4. The minimum absolute atomic E-state index is 0.159. The number of carbonyl (C=O) groups is 3. The van der Waals surface area contributed by atoms with Crippen molar-refractivity contribution in [1.82, 2.24) is 4.90 Å². The maximum absolute atomic E-state index is 12.5. The molecule has 1 atom stereocenters. The van der Waals surface area contributed by atoms with Crippen LogP contribution in [0.5, 0.6) is 0 Å². The van der Waals surface area contributed by atoms with Gasteiger partial charge in [0.1, 0.15) is 5.25 Å². The number of nitrogens with one attached hydrogen (secondary N) is 2. The zero-order chi connectivity index (χ0) is 19.9. The van der Waals surface area contributed by atoms with Crippen molar-refractivity contribution in [3.63, 3.8) is 0 Å². The molecule has 1 aliphatic heterocycles. The first-order valence-corrected chi connectivity index (χ1v) is 9.92. The van der Waals surface area contributed by atoms with Gasteiger partial charge < -0.3 is 15.5 Å². The van der Waals surface area contributed by atoms with Crippen LogP contribution in [-0.4, -0.2) is 46.7 Å². The molecule has 1 fully saturated rings. The Kier molecular flexibility index (Phi) is 6.49. The van der Waals surface area contributed by atoms with E-state index >= 15 is 0 Å². The summed E-state index contributed by atoms with van der Waals surface area (Å²) in [7, 11) is 0. The molecular weight excluding hydrogens is 374 g/mol. The molecule has 2 N–H and O–H groups in total. The summed E-state index contributed by atoms with van der Waals surface area (Å²) in [5, 5.41) is 5.33. The summed E-state index contributed by atoms with van der Waals surface area (Å²) in [5.41, 5.74) is 1.82. The zero-order valence-electron chi connectivity index (χ0n) is 15.3. The molecule has 0 spiro atoms. The predicted molar refractivity (Wildman–Crippen MR) is 112 cm³/mol. The molecule has 144 valence electrons. The highest BCUT2D eigenvalue weighted by Crippen LogP contribution is 2.21. The molecule has 2 aromatic rings. The number of thioether (sulfide) groups is 1. The second-order valence-electron chi connectivity index (χ2n) is 6.23. The number of amides is 3. The third-order valence-corrected chi connectivity index (χ3v) is 5.48. The van der Waals surface area contributed by atoms with E-state index < -0.39 is 0 Å². The molecule has 3 amide bonds. The van der Waals surface area contributed by atoms with Crippen LogP contribution in [0.2, 0.25) is 0 Å². The van der Waals surface area contributed by atoms with Crippen molar-refractivity contribution in [3.8, 4) is 0 Å². The van der Waals surface area contributed by atoms with E-state index in [1.165, 1.54) is 17.8 Å². The summed E-state index contributed by atoms with van der Waals surface area (Å²) in [6, 6.07) is 15.9. The summed E-state index contributed by atoms with van der Waals surface area (Å²) in [4.78, 5) is 38.2. The number of hydrogen-bond donors (Lipinski definition) is 2. The van der Waals surface area contributed by atoms with Gasteiger partial charge >= 0.3 is 0 Å². The molecule has 28 heavy (non-hydrogen) atoms. The molecule has 1 saturated heterocycles. The Hall–Kier alpha value is -3.06. The highest BCUT2D eigenvalue weighted by atomic mass is 32.2. The molecule has 0 radical (unpaired) electrons. The summed E-state index contributed by atoms with van der Waals surface area (Å²) < 4.78 is 0. The second kappa shape index (κ2) is 9.23. The van der Waals surface area contributed by atoms with Gasteiger partial charge in [0, 0.05) is 35.8 Å². The molecule has 1 unspecified atom stereocenters. The molecule has 2 aromatic carbocycles. The lowest BCUT2D eigenvalue weighted by atomic mass is 10.2. The van der Waals surface area contributed by atoms with Gasteiger partial charge in [0.15, 0.2) is 0 Å². The van der Waals surface area contributed by atoms with Crippen molar-refractivity contribution >= 4 is 40.9 Å². The van der Waals surface area contributed by atoms with E-state index in [9.17, 15) is 14.4 Å². The Labute approximate surface area is 168 Å². The van der Waals surface area contributed by atoms with Crippen LogP contribution in [0.1, 0.15) is 10.4 Å². The molecule has 1 aliphatic rings. The minimum atomic E-state index is -0.335. The van der Waals surface area contributed by atoms with Crippen molar-refractivity contribution in [3.05, 3.63) is 72.8 Å². The van der Waals surface area contributed by atoms with Crippen molar-refractivity contribution in [1.29, 1.82) is 0 Å². The van der Waals surface area contributed by atoms with E-state index in [0.29, 0.717) is 30.1 Å². The van der Waals surface area contributed by atoms with E-state index in [1.807, 2.05) is 30.3 Å². The van der Waals surface area contributed by atoms with Gasteiger partial charge in [0.2, 0.25) is 11.8 Å². The lowest BCUT2D eigenvalue weighted by Crippen LogP contribution is -2.45. The molecule has 0 aromatic heterocycles. The van der Waals surface area contributed by atoms with Crippen molar-refractivity contribution in [2.24, 2.45) is 0 Å². The Balaban J connectivity index is 1.57. The lowest BCUT2D eigenvalue weighted by Gasteiger charge is -2.30. The largest absolute Gasteiger partial charge is 0.337 e. The highest BCUT2D eigenvalue weighted by molar-refractivity contribution is 8.00. The van der Waals surface area contributed by atoms with E-state index in [0.717, 1.165) is 5.69 Å². The smallest absolute Gasteiger partial charge is 0.255 e. The predicted octanol–water partition coefficient (Wildman–Crippen LogP) is 3.01. The van der Waals surface area contributed by atoms with Crippen LogP contribution in [0.4, 0.5) is 11.4 Å². The molecule has 0 aliphatic carbocycles. The number of para-hydroxylation sites is 1. The minimum Gasteiger partial charge on any atom is -0.337 e. The van der Waals surface area contributed by atoms with Gasteiger partial charge in [0.05, 0.1) is 0 Å². The van der Waals surface area contributed by atoms with Crippen LogP contribution in [0.25, 0.3) is 0 Å². The molecular formula is C21H21N3O3S. The van der Waals surface area contributed by atoms with Crippen LogP contribution in [0.15, 0.2) is 67.3 Å². The topological polar surface area (TPSA) is 78.5 Å².